The highest BCUT2D eigenvalue weighted by Crippen LogP contribution is 2.05. The van der Waals surface area contributed by atoms with Gasteiger partial charge in [0.2, 0.25) is 0 Å². The van der Waals surface area contributed by atoms with Gasteiger partial charge >= 0.3 is 5.69 Å². The van der Waals surface area contributed by atoms with Gasteiger partial charge in [0.05, 0.1) is 5.52 Å². The molecule has 0 aliphatic rings. The lowest BCUT2D eigenvalue weighted by molar-refractivity contribution is 1.12. The molecule has 0 saturated heterocycles. The number of para-hydroxylation sites is 1. The number of aromatic nitrogens is 2. The van der Waals surface area contributed by atoms with Gasteiger partial charge < -0.3 is 4.98 Å². The molecule has 0 aliphatic carbocycles. The minimum absolute atomic E-state index is 0.302. The lowest BCUT2D eigenvalue weighted by Gasteiger charge is -1.92. The molecule has 3 heteroatoms. The SMILES string of the molecule is CC.O=c1ncc2ccccc2[nH]1. The molecule has 1 N–H and O–H groups in total. The molecule has 0 amide bonds. The van der Waals surface area contributed by atoms with E-state index in [-0.39, 0.29) is 5.69 Å². The number of fused-ring (bicyclic) bond motifs is 1. The molecule has 0 spiro atoms. The maximum atomic E-state index is 10.7. The second kappa shape index (κ2) is 4.40. The van der Waals surface area contributed by atoms with Gasteiger partial charge in [0.25, 0.3) is 0 Å². The molecule has 2 aromatic rings. The number of benzene rings is 1. The lowest BCUT2D eigenvalue weighted by atomic mass is 10.2. The fourth-order valence-corrected chi connectivity index (χ4v) is 0.999. The third kappa shape index (κ3) is 2.15. The highest BCUT2D eigenvalue weighted by molar-refractivity contribution is 5.76. The number of hydrogen-bond donors (Lipinski definition) is 1. The number of nitrogens with zero attached hydrogens (tertiary/aromatic N) is 1. The number of hydrogen-bond acceptors (Lipinski definition) is 2. The molecule has 1 aromatic carbocycles. The first-order chi connectivity index (χ1) is 6.36. The van der Waals surface area contributed by atoms with Crippen molar-refractivity contribution in [2.24, 2.45) is 0 Å². The second-order valence-corrected chi connectivity index (χ2v) is 2.28. The summed E-state index contributed by atoms with van der Waals surface area (Å²) in [5.74, 6) is 0. The Morgan fingerprint density at radius 1 is 1.23 bits per heavy atom. The van der Waals surface area contributed by atoms with E-state index < -0.39 is 0 Å². The van der Waals surface area contributed by atoms with Crippen molar-refractivity contribution < 1.29 is 0 Å². The molecule has 13 heavy (non-hydrogen) atoms. The quantitative estimate of drug-likeness (QED) is 0.666. The molecule has 0 fully saturated rings. The fraction of sp³-hybridized carbons (Fsp3) is 0.200. The summed E-state index contributed by atoms with van der Waals surface area (Å²) in [5, 5.41) is 0.951. The van der Waals surface area contributed by atoms with Gasteiger partial charge in [0.15, 0.2) is 0 Å². The summed E-state index contributed by atoms with van der Waals surface area (Å²) in [7, 11) is 0. The molecule has 2 rings (SSSR count). The zero-order valence-electron chi connectivity index (χ0n) is 7.74. The first kappa shape index (κ1) is 9.45. The number of nitrogens with one attached hydrogen (secondary N) is 1. The van der Waals surface area contributed by atoms with Crippen LogP contribution in [-0.2, 0) is 0 Å². The summed E-state index contributed by atoms with van der Waals surface area (Å²) in [4.78, 5) is 16.9. The average Bonchev–Trinajstić information content (AvgIpc) is 2.21. The molecule has 0 aliphatic heterocycles. The maximum absolute atomic E-state index is 10.7. The molecule has 0 saturated carbocycles. The van der Waals surface area contributed by atoms with Crippen molar-refractivity contribution in [2.75, 3.05) is 0 Å². The number of rotatable bonds is 0. The largest absolute Gasteiger partial charge is 0.345 e. The minimum atomic E-state index is -0.302. The van der Waals surface area contributed by atoms with Gasteiger partial charge in [0.1, 0.15) is 0 Å². The predicted molar refractivity (Wildman–Crippen MR) is 53.7 cm³/mol. The van der Waals surface area contributed by atoms with Crippen molar-refractivity contribution in [1.29, 1.82) is 0 Å². The van der Waals surface area contributed by atoms with Crippen LogP contribution in [0.4, 0.5) is 0 Å². The second-order valence-electron chi connectivity index (χ2n) is 2.28. The minimum Gasteiger partial charge on any atom is -0.305 e. The van der Waals surface area contributed by atoms with E-state index in [9.17, 15) is 4.79 Å². The van der Waals surface area contributed by atoms with E-state index in [1.54, 1.807) is 6.20 Å². The Labute approximate surface area is 76.4 Å². The van der Waals surface area contributed by atoms with E-state index in [1.165, 1.54) is 0 Å². The summed E-state index contributed by atoms with van der Waals surface area (Å²) in [6.07, 6.45) is 1.56. The fourth-order valence-electron chi connectivity index (χ4n) is 0.999. The van der Waals surface area contributed by atoms with Crippen molar-refractivity contribution in [3.63, 3.8) is 0 Å². The molecule has 1 aromatic heterocycles. The molecule has 68 valence electrons. The summed E-state index contributed by atoms with van der Waals surface area (Å²) in [6.45, 7) is 4.00. The molecule has 3 nitrogen and oxygen atoms in total. The standard InChI is InChI=1S/C8H6N2O.C2H6/c11-8-9-5-6-3-1-2-4-7(6)10-8;1-2/h1-5H,(H,9,10,11);1-2H3. The topological polar surface area (TPSA) is 45.8 Å². The van der Waals surface area contributed by atoms with E-state index in [0.717, 1.165) is 10.9 Å². The summed E-state index contributed by atoms with van der Waals surface area (Å²) in [6, 6.07) is 7.53. The Kier molecular flexibility index (Phi) is 3.20. The Hall–Kier alpha value is -1.64. The predicted octanol–water partition coefficient (Wildman–Crippen LogP) is 1.95. The van der Waals surface area contributed by atoms with E-state index in [1.807, 2.05) is 38.1 Å². The van der Waals surface area contributed by atoms with Crippen molar-refractivity contribution >= 4 is 10.9 Å². The van der Waals surface area contributed by atoms with E-state index in [0.29, 0.717) is 0 Å². The zero-order chi connectivity index (χ0) is 9.68. The third-order valence-corrected chi connectivity index (χ3v) is 1.52. The Balaban J connectivity index is 0.000000396. The van der Waals surface area contributed by atoms with Gasteiger partial charge in [-0.3, -0.25) is 0 Å². The van der Waals surface area contributed by atoms with Gasteiger partial charge in [-0.2, -0.15) is 0 Å². The Morgan fingerprint density at radius 3 is 2.69 bits per heavy atom. The average molecular weight is 176 g/mol. The van der Waals surface area contributed by atoms with Gasteiger partial charge in [-0.1, -0.05) is 32.0 Å². The van der Waals surface area contributed by atoms with Crippen LogP contribution in [0.15, 0.2) is 35.3 Å². The summed E-state index contributed by atoms with van der Waals surface area (Å²) in [5.41, 5.74) is 0.524. The van der Waals surface area contributed by atoms with Crippen molar-refractivity contribution in [1.82, 2.24) is 9.97 Å². The monoisotopic (exact) mass is 176 g/mol. The van der Waals surface area contributed by atoms with Gasteiger partial charge in [-0.25, -0.2) is 9.78 Å². The Bertz CT molecular complexity index is 434. The van der Waals surface area contributed by atoms with Crippen LogP contribution in [0, 0.1) is 0 Å². The smallest absolute Gasteiger partial charge is 0.305 e. The van der Waals surface area contributed by atoms with Crippen molar-refractivity contribution in [2.45, 2.75) is 13.8 Å². The first-order valence-corrected chi connectivity index (χ1v) is 4.30. The molecule has 0 bridgehead atoms. The van der Waals surface area contributed by atoms with Crippen molar-refractivity contribution in [3.8, 4) is 0 Å². The number of aromatic amines is 1. The third-order valence-electron chi connectivity index (χ3n) is 1.52. The van der Waals surface area contributed by atoms with E-state index in [2.05, 4.69) is 9.97 Å². The number of H-pyrrole nitrogens is 1. The molecule has 0 radical (unpaired) electrons. The van der Waals surface area contributed by atoms with Crippen LogP contribution in [0.3, 0.4) is 0 Å². The van der Waals surface area contributed by atoms with Crippen LogP contribution in [0.25, 0.3) is 10.9 Å². The van der Waals surface area contributed by atoms with Crippen LogP contribution in [-0.4, -0.2) is 9.97 Å². The summed E-state index contributed by atoms with van der Waals surface area (Å²) >= 11 is 0. The van der Waals surface area contributed by atoms with Crippen molar-refractivity contribution in [3.05, 3.63) is 40.9 Å². The molecule has 1 heterocycles. The molecule has 0 atom stereocenters. The zero-order valence-corrected chi connectivity index (χ0v) is 7.74. The van der Waals surface area contributed by atoms with E-state index >= 15 is 0 Å². The van der Waals surface area contributed by atoms with Gasteiger partial charge in [0, 0.05) is 11.6 Å². The highest BCUT2D eigenvalue weighted by Gasteiger charge is 1.90. The van der Waals surface area contributed by atoms with Crippen LogP contribution in [0.1, 0.15) is 13.8 Å². The van der Waals surface area contributed by atoms with Crippen LogP contribution < -0.4 is 5.69 Å². The lowest BCUT2D eigenvalue weighted by Crippen LogP contribution is -2.07. The maximum Gasteiger partial charge on any atom is 0.345 e. The molecular formula is C10H12N2O. The van der Waals surface area contributed by atoms with Crippen LogP contribution in [0.2, 0.25) is 0 Å². The van der Waals surface area contributed by atoms with E-state index in [4.69, 9.17) is 0 Å². The van der Waals surface area contributed by atoms with Crippen LogP contribution >= 0.6 is 0 Å². The van der Waals surface area contributed by atoms with Gasteiger partial charge in [-0.15, -0.1) is 0 Å². The summed E-state index contributed by atoms with van der Waals surface area (Å²) < 4.78 is 0. The normalized spacial score (nSPS) is 9.08. The molecular weight excluding hydrogens is 164 g/mol. The van der Waals surface area contributed by atoms with Gasteiger partial charge in [-0.05, 0) is 6.07 Å². The highest BCUT2D eigenvalue weighted by atomic mass is 16.1. The molecule has 0 unspecified atom stereocenters. The first-order valence-electron chi connectivity index (χ1n) is 4.30. The Morgan fingerprint density at radius 2 is 1.92 bits per heavy atom. The van der Waals surface area contributed by atoms with Crippen LogP contribution in [0.5, 0.6) is 0 Å².